The van der Waals surface area contributed by atoms with Crippen molar-refractivity contribution >= 4 is 11.6 Å². The highest BCUT2D eigenvalue weighted by molar-refractivity contribution is 6.00. The van der Waals surface area contributed by atoms with E-state index in [0.717, 1.165) is 30.5 Å². The number of hydrazone groups is 1. The molecule has 1 rings (SSSR count). The maximum atomic E-state index is 11.7. The van der Waals surface area contributed by atoms with E-state index in [1.807, 2.05) is 19.1 Å². The third-order valence-corrected chi connectivity index (χ3v) is 3.29. The van der Waals surface area contributed by atoms with Crippen LogP contribution in [0.4, 0.5) is 0 Å². The Morgan fingerprint density at radius 2 is 1.80 bits per heavy atom. The molecule has 3 heteroatoms. The molecule has 0 bridgehead atoms. The summed E-state index contributed by atoms with van der Waals surface area (Å²) in [5.74, 6) is 0.0131. The van der Waals surface area contributed by atoms with E-state index in [0.29, 0.717) is 6.42 Å². The minimum atomic E-state index is 0.0131. The maximum Gasteiger partial charge on any atom is 0.240 e. The Balaban J connectivity index is 2.49. The van der Waals surface area contributed by atoms with Gasteiger partial charge in [0.25, 0.3) is 0 Å². The smallest absolute Gasteiger partial charge is 0.240 e. The number of rotatable bonds is 8. The first-order chi connectivity index (χ1) is 9.67. The molecule has 0 saturated carbocycles. The van der Waals surface area contributed by atoms with Crippen LogP contribution in [-0.2, 0) is 4.79 Å². The van der Waals surface area contributed by atoms with E-state index >= 15 is 0 Å². The highest BCUT2D eigenvalue weighted by Crippen LogP contribution is 2.07. The molecule has 20 heavy (non-hydrogen) atoms. The second-order valence-corrected chi connectivity index (χ2v) is 5.12. The predicted molar refractivity (Wildman–Crippen MR) is 84.9 cm³/mol. The average Bonchev–Trinajstić information content (AvgIpc) is 2.46. The van der Waals surface area contributed by atoms with Crippen molar-refractivity contribution in [3.8, 4) is 0 Å². The van der Waals surface area contributed by atoms with Gasteiger partial charge in [-0.05, 0) is 25.3 Å². The first-order valence-corrected chi connectivity index (χ1v) is 7.59. The Hall–Kier alpha value is -1.64. The summed E-state index contributed by atoms with van der Waals surface area (Å²) >= 11 is 0. The zero-order valence-corrected chi connectivity index (χ0v) is 12.9. The van der Waals surface area contributed by atoms with Gasteiger partial charge in [-0.2, -0.15) is 5.10 Å². The molecule has 1 N–H and O–H groups in total. The number of carbonyl (C=O) groups excluding carboxylic acids is 1. The monoisotopic (exact) mass is 274 g/mol. The molecule has 0 aliphatic rings. The van der Waals surface area contributed by atoms with Gasteiger partial charge in [0.15, 0.2) is 0 Å². The number of benzene rings is 1. The number of hydrogen-bond donors (Lipinski definition) is 1. The van der Waals surface area contributed by atoms with E-state index < -0.39 is 0 Å². The second kappa shape index (κ2) is 9.29. The van der Waals surface area contributed by atoms with Gasteiger partial charge in [-0.15, -0.1) is 0 Å². The fourth-order valence-corrected chi connectivity index (χ4v) is 1.99. The van der Waals surface area contributed by atoms with Gasteiger partial charge in [-0.3, -0.25) is 4.79 Å². The lowest BCUT2D eigenvalue weighted by Crippen LogP contribution is -2.19. The molecule has 0 aliphatic heterocycles. The van der Waals surface area contributed by atoms with E-state index in [4.69, 9.17) is 0 Å². The third-order valence-electron chi connectivity index (χ3n) is 3.29. The summed E-state index contributed by atoms with van der Waals surface area (Å²) in [6, 6.07) is 8.22. The largest absolute Gasteiger partial charge is 0.273 e. The third kappa shape index (κ3) is 6.00. The van der Waals surface area contributed by atoms with Crippen molar-refractivity contribution in [1.29, 1.82) is 0 Å². The molecule has 0 unspecified atom stereocenters. The maximum absolute atomic E-state index is 11.7. The number of nitrogens with zero attached hydrogens (tertiary/aromatic N) is 1. The number of hydrogen-bond acceptors (Lipinski definition) is 2. The summed E-state index contributed by atoms with van der Waals surface area (Å²) in [7, 11) is 0. The summed E-state index contributed by atoms with van der Waals surface area (Å²) < 4.78 is 0. The van der Waals surface area contributed by atoms with Crippen LogP contribution in [0.1, 0.15) is 63.5 Å². The van der Waals surface area contributed by atoms with Crippen molar-refractivity contribution in [2.75, 3.05) is 0 Å². The van der Waals surface area contributed by atoms with E-state index in [2.05, 4.69) is 36.5 Å². The zero-order valence-electron chi connectivity index (χ0n) is 12.9. The van der Waals surface area contributed by atoms with Crippen LogP contribution in [0.25, 0.3) is 0 Å². The molecule has 110 valence electrons. The number of unbranched alkanes of at least 4 members (excludes halogenated alkanes) is 3. The normalized spacial score (nSPS) is 11.4. The molecule has 0 aliphatic carbocycles. The first-order valence-electron chi connectivity index (χ1n) is 7.59. The zero-order chi connectivity index (χ0) is 14.8. The van der Waals surface area contributed by atoms with Crippen molar-refractivity contribution in [3.05, 3.63) is 35.4 Å². The molecule has 3 nitrogen and oxygen atoms in total. The summed E-state index contributed by atoms with van der Waals surface area (Å²) in [5, 5.41) is 4.26. The lowest BCUT2D eigenvalue weighted by molar-refractivity contribution is -0.121. The van der Waals surface area contributed by atoms with Crippen molar-refractivity contribution in [2.45, 2.75) is 59.3 Å². The standard InChI is InChI=1S/C17H26N2O/c1-4-6-7-8-9-17(20)19-18-16(5-2)15-12-10-14(3)11-13-15/h10-13H,4-9H2,1-3H3,(H,19,20)/b18-16-. The van der Waals surface area contributed by atoms with Crippen LogP contribution >= 0.6 is 0 Å². The molecule has 1 aromatic carbocycles. The molecule has 0 radical (unpaired) electrons. The van der Waals surface area contributed by atoms with Crippen molar-refractivity contribution in [2.24, 2.45) is 5.10 Å². The van der Waals surface area contributed by atoms with Crippen LogP contribution in [-0.4, -0.2) is 11.6 Å². The van der Waals surface area contributed by atoms with Gasteiger partial charge < -0.3 is 0 Å². The van der Waals surface area contributed by atoms with E-state index in [9.17, 15) is 4.79 Å². The summed E-state index contributed by atoms with van der Waals surface area (Å²) in [4.78, 5) is 11.7. The van der Waals surface area contributed by atoms with Crippen LogP contribution in [0.5, 0.6) is 0 Å². The van der Waals surface area contributed by atoms with E-state index in [-0.39, 0.29) is 5.91 Å². The number of nitrogens with one attached hydrogen (secondary N) is 1. The molecular weight excluding hydrogens is 248 g/mol. The number of aryl methyl sites for hydroxylation is 1. The highest BCUT2D eigenvalue weighted by Gasteiger charge is 2.03. The van der Waals surface area contributed by atoms with Crippen molar-refractivity contribution < 1.29 is 4.79 Å². The van der Waals surface area contributed by atoms with E-state index in [1.165, 1.54) is 18.4 Å². The van der Waals surface area contributed by atoms with Gasteiger partial charge in [-0.25, -0.2) is 5.43 Å². The summed E-state index contributed by atoms with van der Waals surface area (Å²) in [6.07, 6.45) is 5.81. The summed E-state index contributed by atoms with van der Waals surface area (Å²) in [6.45, 7) is 6.27. The predicted octanol–water partition coefficient (Wildman–Crippen LogP) is 4.20. The minimum absolute atomic E-state index is 0.0131. The molecule has 0 aromatic heterocycles. The Labute approximate surface area is 122 Å². The van der Waals surface area contributed by atoms with E-state index in [1.54, 1.807) is 0 Å². The Morgan fingerprint density at radius 1 is 1.10 bits per heavy atom. The van der Waals surface area contributed by atoms with Crippen LogP contribution in [0.3, 0.4) is 0 Å². The van der Waals surface area contributed by atoms with Gasteiger partial charge in [0.1, 0.15) is 0 Å². The van der Waals surface area contributed by atoms with Crippen molar-refractivity contribution in [1.82, 2.24) is 5.43 Å². The first kappa shape index (κ1) is 16.4. The quantitative estimate of drug-likeness (QED) is 0.431. The minimum Gasteiger partial charge on any atom is -0.273 e. The lowest BCUT2D eigenvalue weighted by atomic mass is 10.1. The van der Waals surface area contributed by atoms with Crippen LogP contribution < -0.4 is 5.43 Å². The second-order valence-electron chi connectivity index (χ2n) is 5.12. The summed E-state index contributed by atoms with van der Waals surface area (Å²) in [5.41, 5.74) is 5.90. The SMILES string of the molecule is CCCCCCC(=O)N/N=C(/CC)c1ccc(C)cc1. The lowest BCUT2D eigenvalue weighted by Gasteiger charge is -2.06. The van der Waals surface area contributed by atoms with Gasteiger partial charge in [0, 0.05) is 6.42 Å². The molecule has 0 saturated heterocycles. The Kier molecular flexibility index (Phi) is 7.63. The van der Waals surface area contributed by atoms with Gasteiger partial charge in [0.05, 0.1) is 5.71 Å². The average molecular weight is 274 g/mol. The fourth-order valence-electron chi connectivity index (χ4n) is 1.99. The molecule has 0 atom stereocenters. The number of carbonyl (C=O) groups is 1. The Morgan fingerprint density at radius 3 is 2.40 bits per heavy atom. The molecule has 0 spiro atoms. The van der Waals surface area contributed by atoms with Crippen molar-refractivity contribution in [3.63, 3.8) is 0 Å². The topological polar surface area (TPSA) is 41.5 Å². The molecule has 1 aromatic rings. The van der Waals surface area contributed by atoms with Gasteiger partial charge in [-0.1, -0.05) is 62.9 Å². The number of amides is 1. The molecule has 0 fully saturated rings. The van der Waals surface area contributed by atoms with Crippen LogP contribution in [0.15, 0.2) is 29.4 Å². The van der Waals surface area contributed by atoms with Crippen LogP contribution in [0, 0.1) is 6.92 Å². The van der Waals surface area contributed by atoms with Crippen LogP contribution in [0.2, 0.25) is 0 Å². The van der Waals surface area contributed by atoms with Gasteiger partial charge in [0.2, 0.25) is 5.91 Å². The highest BCUT2D eigenvalue weighted by atomic mass is 16.2. The molecule has 0 heterocycles. The molecule has 1 amide bonds. The van der Waals surface area contributed by atoms with Gasteiger partial charge >= 0.3 is 0 Å². The Bertz CT molecular complexity index is 435. The fraction of sp³-hybridized carbons (Fsp3) is 0.529. The molecular formula is C17H26N2O.